The number of hydrogen-bond acceptors (Lipinski definition) is 3. The first-order chi connectivity index (χ1) is 27.7. The van der Waals surface area contributed by atoms with E-state index in [4.69, 9.17) is 0 Å². The van der Waals surface area contributed by atoms with E-state index in [0.29, 0.717) is 6.42 Å². The molecule has 4 heteroatoms. The highest BCUT2D eigenvalue weighted by Gasteiger charge is 2.17. The van der Waals surface area contributed by atoms with Crippen molar-refractivity contribution in [3.63, 3.8) is 0 Å². The van der Waals surface area contributed by atoms with Crippen LogP contribution in [-0.4, -0.2) is 34.9 Å². The maximum Gasteiger partial charge on any atom is 0.220 e. The van der Waals surface area contributed by atoms with Gasteiger partial charge in [0.2, 0.25) is 5.91 Å². The predicted octanol–water partition coefficient (Wildman–Crippen LogP) is 15.7. The molecule has 0 aromatic rings. The fourth-order valence-corrected chi connectivity index (χ4v) is 7.18. The molecule has 0 saturated carbocycles. The van der Waals surface area contributed by atoms with Crippen molar-refractivity contribution in [3.8, 4) is 0 Å². The van der Waals surface area contributed by atoms with E-state index in [-0.39, 0.29) is 12.5 Å². The summed E-state index contributed by atoms with van der Waals surface area (Å²) in [6.07, 6.45) is 66.4. The quantitative estimate of drug-likeness (QED) is 0.0426. The minimum absolute atomic E-state index is 0.0868. The monoisotopic (exact) mass is 782 g/mol. The van der Waals surface area contributed by atoms with Crippen LogP contribution in [0, 0.1) is 0 Å². The Morgan fingerprint density at radius 2 is 0.750 bits per heavy atom. The molecule has 2 unspecified atom stereocenters. The van der Waals surface area contributed by atoms with Crippen molar-refractivity contribution >= 4 is 5.91 Å². The molecule has 0 aliphatic heterocycles. The smallest absolute Gasteiger partial charge is 0.220 e. The van der Waals surface area contributed by atoms with Gasteiger partial charge in [-0.05, 0) is 77.0 Å². The molecule has 0 spiro atoms. The Bertz CT molecular complexity index is 934. The van der Waals surface area contributed by atoms with E-state index in [1.807, 2.05) is 6.08 Å². The largest absolute Gasteiger partial charge is 0.394 e. The highest BCUT2D eigenvalue weighted by atomic mass is 16.3. The van der Waals surface area contributed by atoms with Crippen molar-refractivity contribution in [2.24, 2.45) is 0 Å². The summed E-state index contributed by atoms with van der Waals surface area (Å²) in [6.45, 7) is 4.27. The molecular weight excluding hydrogens is 687 g/mol. The molecule has 0 aliphatic carbocycles. The third kappa shape index (κ3) is 43.2. The van der Waals surface area contributed by atoms with Crippen LogP contribution in [-0.2, 0) is 4.79 Å². The Hall–Kier alpha value is -1.91. The van der Waals surface area contributed by atoms with Crippen LogP contribution in [0.25, 0.3) is 0 Å². The molecule has 3 N–H and O–H groups in total. The van der Waals surface area contributed by atoms with Gasteiger partial charge in [-0.3, -0.25) is 4.79 Å². The molecule has 0 aromatic carbocycles. The van der Waals surface area contributed by atoms with Crippen molar-refractivity contribution < 1.29 is 15.0 Å². The van der Waals surface area contributed by atoms with Gasteiger partial charge in [0.15, 0.2) is 0 Å². The minimum atomic E-state index is -0.876. The Morgan fingerprint density at radius 1 is 0.429 bits per heavy atom. The van der Waals surface area contributed by atoms with Crippen LogP contribution in [0.5, 0.6) is 0 Å². The maximum atomic E-state index is 12.4. The van der Waals surface area contributed by atoms with E-state index in [1.165, 1.54) is 173 Å². The van der Waals surface area contributed by atoms with Gasteiger partial charge in [-0.25, -0.2) is 0 Å². The SMILES string of the molecule is CCCCC/C=C\C/C=C\CCCCCCCCCC(=O)NC(CO)C(O)/C=C/CC/C=C/CC/C=C/CCCCCCCCCCCCCCCCCCC. The van der Waals surface area contributed by atoms with Gasteiger partial charge < -0.3 is 15.5 Å². The molecule has 4 nitrogen and oxygen atoms in total. The van der Waals surface area contributed by atoms with E-state index in [0.717, 1.165) is 51.4 Å². The molecular formula is C52H95NO3. The van der Waals surface area contributed by atoms with Gasteiger partial charge in [-0.1, -0.05) is 222 Å². The zero-order valence-corrected chi connectivity index (χ0v) is 37.4. The van der Waals surface area contributed by atoms with E-state index in [9.17, 15) is 15.0 Å². The average Bonchev–Trinajstić information content (AvgIpc) is 3.20. The number of unbranched alkanes of at least 4 members (excludes halogenated alkanes) is 29. The van der Waals surface area contributed by atoms with Gasteiger partial charge in [0, 0.05) is 6.42 Å². The van der Waals surface area contributed by atoms with Crippen molar-refractivity contribution in [1.82, 2.24) is 5.32 Å². The lowest BCUT2D eigenvalue weighted by molar-refractivity contribution is -0.123. The van der Waals surface area contributed by atoms with E-state index < -0.39 is 12.1 Å². The second-order valence-electron chi connectivity index (χ2n) is 16.5. The van der Waals surface area contributed by atoms with Gasteiger partial charge in [0.05, 0.1) is 18.8 Å². The zero-order valence-electron chi connectivity index (χ0n) is 37.4. The molecule has 0 saturated heterocycles. The summed E-state index contributed by atoms with van der Waals surface area (Å²) < 4.78 is 0. The van der Waals surface area contributed by atoms with Gasteiger partial charge >= 0.3 is 0 Å². The normalized spacial score (nSPS) is 13.4. The lowest BCUT2D eigenvalue weighted by Crippen LogP contribution is -2.45. The van der Waals surface area contributed by atoms with Gasteiger partial charge in [-0.15, -0.1) is 0 Å². The van der Waals surface area contributed by atoms with Gasteiger partial charge in [-0.2, -0.15) is 0 Å². The fourth-order valence-electron chi connectivity index (χ4n) is 7.18. The molecule has 0 aromatic heterocycles. The van der Waals surface area contributed by atoms with Crippen LogP contribution in [0.2, 0.25) is 0 Å². The molecule has 2 atom stereocenters. The van der Waals surface area contributed by atoms with E-state index in [2.05, 4.69) is 67.8 Å². The summed E-state index contributed by atoms with van der Waals surface area (Å²) in [4.78, 5) is 12.4. The molecule has 0 fully saturated rings. The van der Waals surface area contributed by atoms with Crippen LogP contribution in [0.15, 0.2) is 60.8 Å². The molecule has 0 heterocycles. The first kappa shape index (κ1) is 54.1. The van der Waals surface area contributed by atoms with Crippen molar-refractivity contribution in [1.29, 1.82) is 0 Å². The van der Waals surface area contributed by atoms with Crippen LogP contribution in [0.4, 0.5) is 0 Å². The van der Waals surface area contributed by atoms with Crippen LogP contribution < -0.4 is 5.32 Å². The molecule has 326 valence electrons. The summed E-state index contributed by atoms with van der Waals surface area (Å²) in [5, 5.41) is 23.0. The minimum Gasteiger partial charge on any atom is -0.394 e. The lowest BCUT2D eigenvalue weighted by atomic mass is 10.0. The highest BCUT2D eigenvalue weighted by molar-refractivity contribution is 5.76. The summed E-state index contributed by atoms with van der Waals surface area (Å²) in [5.41, 5.74) is 0. The van der Waals surface area contributed by atoms with E-state index in [1.54, 1.807) is 6.08 Å². The van der Waals surface area contributed by atoms with Gasteiger partial charge in [0.1, 0.15) is 0 Å². The number of hydrogen-bond donors (Lipinski definition) is 3. The summed E-state index contributed by atoms with van der Waals surface area (Å²) in [6, 6.07) is -0.652. The number of aliphatic hydroxyl groups excluding tert-OH is 2. The number of amides is 1. The van der Waals surface area contributed by atoms with Crippen LogP contribution >= 0.6 is 0 Å². The summed E-state index contributed by atoms with van der Waals surface area (Å²) in [7, 11) is 0. The fraction of sp³-hybridized carbons (Fsp3) is 0.788. The third-order valence-electron chi connectivity index (χ3n) is 11.0. The maximum absolute atomic E-state index is 12.4. The predicted molar refractivity (Wildman–Crippen MR) is 248 cm³/mol. The first-order valence-corrected chi connectivity index (χ1v) is 24.5. The lowest BCUT2D eigenvalue weighted by Gasteiger charge is -2.19. The van der Waals surface area contributed by atoms with Crippen LogP contribution in [0.1, 0.15) is 245 Å². The number of allylic oxidation sites excluding steroid dienone is 9. The first-order valence-electron chi connectivity index (χ1n) is 24.5. The molecule has 0 aliphatic rings. The number of aliphatic hydroxyl groups is 2. The second-order valence-corrected chi connectivity index (χ2v) is 16.5. The van der Waals surface area contributed by atoms with Crippen LogP contribution in [0.3, 0.4) is 0 Å². The van der Waals surface area contributed by atoms with Crippen molar-refractivity contribution in [2.75, 3.05) is 6.61 Å². The molecule has 0 rings (SSSR count). The highest BCUT2D eigenvalue weighted by Crippen LogP contribution is 2.15. The zero-order chi connectivity index (χ0) is 40.7. The third-order valence-corrected chi connectivity index (χ3v) is 11.0. The topological polar surface area (TPSA) is 69.6 Å². The van der Waals surface area contributed by atoms with E-state index >= 15 is 0 Å². The number of carbonyl (C=O) groups excluding carboxylic acids is 1. The number of carbonyl (C=O) groups is 1. The van der Waals surface area contributed by atoms with Crippen molar-refractivity contribution in [3.05, 3.63) is 60.8 Å². The number of rotatable bonds is 44. The Labute approximate surface area is 349 Å². The Balaban J connectivity index is 3.61. The van der Waals surface area contributed by atoms with Crippen molar-refractivity contribution in [2.45, 2.75) is 257 Å². The summed E-state index contributed by atoms with van der Waals surface area (Å²) in [5.74, 6) is -0.0868. The molecule has 56 heavy (non-hydrogen) atoms. The molecule has 0 bridgehead atoms. The Kier molecular flexibility index (Phi) is 45.8. The average molecular weight is 782 g/mol. The second kappa shape index (κ2) is 47.5. The van der Waals surface area contributed by atoms with Gasteiger partial charge in [0.25, 0.3) is 0 Å². The summed E-state index contributed by atoms with van der Waals surface area (Å²) >= 11 is 0. The molecule has 1 amide bonds. The Morgan fingerprint density at radius 3 is 1.18 bits per heavy atom. The standard InChI is InChI=1S/C52H95NO3/c1-3-5-7-9-11-13-15-17-19-21-22-23-24-25-26-27-28-29-30-32-33-35-37-39-41-43-45-47-51(55)50(49-54)53-52(56)48-46-44-42-40-38-36-34-31-20-18-16-14-12-10-8-6-4-2/h12,14,18,20,30,32,37,39,45,47,50-51,54-55H,3-11,13,15-17,19,21-29,31,33-36,38,40-44,46,48-49H2,1-2H3,(H,53,56)/b14-12-,20-18-,32-30+,39-37+,47-45+. The number of nitrogens with one attached hydrogen (secondary N) is 1. The molecule has 0 radical (unpaired) electrons.